The molecule has 0 fully saturated rings. The van der Waals surface area contributed by atoms with Gasteiger partial charge in [-0.3, -0.25) is 0 Å². The summed E-state index contributed by atoms with van der Waals surface area (Å²) in [5.74, 6) is 0.602. The van der Waals surface area contributed by atoms with E-state index < -0.39 is 0 Å². The molecule has 1 aromatic carbocycles. The second-order valence-corrected chi connectivity index (χ2v) is 3.99. The van der Waals surface area contributed by atoms with Gasteiger partial charge in [0.2, 0.25) is 0 Å². The van der Waals surface area contributed by atoms with Crippen LogP contribution in [0.4, 0.5) is 0 Å². The van der Waals surface area contributed by atoms with Gasteiger partial charge in [0.15, 0.2) is 11.5 Å². The zero-order chi connectivity index (χ0) is 12.5. The molecule has 0 amide bonds. The van der Waals surface area contributed by atoms with Crippen molar-refractivity contribution in [3.05, 3.63) is 42.7 Å². The minimum atomic E-state index is 0.138. The van der Waals surface area contributed by atoms with Crippen LogP contribution in [-0.4, -0.2) is 22.2 Å². The van der Waals surface area contributed by atoms with Crippen molar-refractivity contribution in [2.24, 2.45) is 0 Å². The first kappa shape index (κ1) is 10.7. The molecule has 4 nitrogen and oxygen atoms in total. The Balaban J connectivity index is 2.20. The Kier molecular flexibility index (Phi) is 2.41. The highest BCUT2D eigenvalue weighted by atomic mass is 16.5. The van der Waals surface area contributed by atoms with E-state index in [4.69, 9.17) is 4.74 Å². The topological polar surface area (TPSA) is 58.1 Å². The SMILES string of the molecule is COc1cc(-c2c[nH]c3ncccc23)ccc1O. The molecule has 0 aliphatic rings. The van der Waals surface area contributed by atoms with Crippen molar-refractivity contribution in [2.45, 2.75) is 0 Å². The number of nitrogens with zero attached hydrogens (tertiary/aromatic N) is 1. The number of hydrogen-bond acceptors (Lipinski definition) is 3. The molecule has 0 saturated heterocycles. The van der Waals surface area contributed by atoms with Crippen molar-refractivity contribution >= 4 is 11.0 Å². The number of aromatic hydroxyl groups is 1. The number of hydrogen-bond donors (Lipinski definition) is 2. The third kappa shape index (κ3) is 1.59. The van der Waals surface area contributed by atoms with Gasteiger partial charge >= 0.3 is 0 Å². The second-order valence-electron chi connectivity index (χ2n) is 3.99. The zero-order valence-corrected chi connectivity index (χ0v) is 9.84. The summed E-state index contributed by atoms with van der Waals surface area (Å²) in [6, 6.07) is 9.20. The van der Waals surface area contributed by atoms with E-state index in [-0.39, 0.29) is 5.75 Å². The summed E-state index contributed by atoms with van der Waals surface area (Å²) in [6.07, 6.45) is 3.66. The van der Waals surface area contributed by atoms with Crippen LogP contribution in [-0.2, 0) is 0 Å². The van der Waals surface area contributed by atoms with Crippen molar-refractivity contribution in [3.8, 4) is 22.6 Å². The van der Waals surface area contributed by atoms with Gasteiger partial charge in [-0.2, -0.15) is 0 Å². The van der Waals surface area contributed by atoms with Crippen molar-refractivity contribution in [2.75, 3.05) is 7.11 Å². The Morgan fingerprint density at radius 3 is 3.00 bits per heavy atom. The highest BCUT2D eigenvalue weighted by Crippen LogP contribution is 2.34. The van der Waals surface area contributed by atoms with E-state index in [2.05, 4.69) is 9.97 Å². The summed E-state index contributed by atoms with van der Waals surface area (Å²) in [7, 11) is 1.54. The van der Waals surface area contributed by atoms with Crippen molar-refractivity contribution < 1.29 is 9.84 Å². The molecule has 0 radical (unpaired) electrons. The summed E-state index contributed by atoms with van der Waals surface area (Å²) >= 11 is 0. The van der Waals surface area contributed by atoms with E-state index in [1.165, 1.54) is 7.11 Å². The third-order valence-electron chi connectivity index (χ3n) is 2.94. The number of aromatic nitrogens is 2. The molecule has 18 heavy (non-hydrogen) atoms. The average molecular weight is 240 g/mol. The van der Waals surface area contributed by atoms with E-state index in [9.17, 15) is 5.11 Å². The van der Waals surface area contributed by atoms with E-state index in [1.54, 1.807) is 12.3 Å². The number of fused-ring (bicyclic) bond motifs is 1. The molecule has 0 aliphatic carbocycles. The average Bonchev–Trinajstić information content (AvgIpc) is 2.83. The molecular formula is C14H12N2O2. The van der Waals surface area contributed by atoms with E-state index in [0.29, 0.717) is 5.75 Å². The van der Waals surface area contributed by atoms with Gasteiger partial charge in [-0.25, -0.2) is 4.98 Å². The minimum absolute atomic E-state index is 0.138. The maximum atomic E-state index is 9.60. The van der Waals surface area contributed by atoms with Crippen molar-refractivity contribution in [1.29, 1.82) is 0 Å². The Bertz CT molecular complexity index is 704. The number of ether oxygens (including phenoxy) is 1. The maximum absolute atomic E-state index is 9.60. The molecule has 2 heterocycles. The number of aromatic amines is 1. The van der Waals surface area contributed by atoms with Crippen LogP contribution in [0.5, 0.6) is 11.5 Å². The smallest absolute Gasteiger partial charge is 0.161 e. The predicted molar refractivity (Wildman–Crippen MR) is 69.7 cm³/mol. The molecule has 0 bridgehead atoms. The van der Waals surface area contributed by atoms with Crippen LogP contribution in [0.15, 0.2) is 42.7 Å². The molecule has 90 valence electrons. The van der Waals surface area contributed by atoms with E-state index in [1.807, 2.05) is 30.5 Å². The molecule has 2 N–H and O–H groups in total. The lowest BCUT2D eigenvalue weighted by atomic mass is 10.1. The zero-order valence-electron chi connectivity index (χ0n) is 9.84. The third-order valence-corrected chi connectivity index (χ3v) is 2.94. The highest BCUT2D eigenvalue weighted by molar-refractivity contribution is 5.93. The second kappa shape index (κ2) is 4.07. The van der Waals surface area contributed by atoms with Gasteiger partial charge in [-0.15, -0.1) is 0 Å². The predicted octanol–water partition coefficient (Wildman–Crippen LogP) is 2.94. The first-order valence-corrected chi connectivity index (χ1v) is 5.59. The Morgan fingerprint density at radius 1 is 1.28 bits per heavy atom. The van der Waals surface area contributed by atoms with Gasteiger partial charge < -0.3 is 14.8 Å². The number of phenolic OH excluding ortho intramolecular Hbond substituents is 1. The lowest BCUT2D eigenvalue weighted by Crippen LogP contribution is -1.84. The van der Waals surface area contributed by atoms with Crippen molar-refractivity contribution in [3.63, 3.8) is 0 Å². The molecule has 4 heteroatoms. The number of rotatable bonds is 2. The van der Waals surface area contributed by atoms with Gasteiger partial charge in [0.25, 0.3) is 0 Å². The Morgan fingerprint density at radius 2 is 2.17 bits per heavy atom. The lowest BCUT2D eigenvalue weighted by Gasteiger charge is -2.05. The van der Waals surface area contributed by atoms with Crippen LogP contribution < -0.4 is 4.74 Å². The van der Waals surface area contributed by atoms with Gasteiger partial charge in [0, 0.05) is 23.3 Å². The van der Waals surface area contributed by atoms with Crippen molar-refractivity contribution in [1.82, 2.24) is 9.97 Å². The monoisotopic (exact) mass is 240 g/mol. The number of nitrogens with one attached hydrogen (secondary N) is 1. The fourth-order valence-electron chi connectivity index (χ4n) is 2.04. The number of H-pyrrole nitrogens is 1. The van der Waals surface area contributed by atoms with Gasteiger partial charge in [-0.1, -0.05) is 6.07 Å². The van der Waals surface area contributed by atoms with Crippen LogP contribution in [0, 0.1) is 0 Å². The van der Waals surface area contributed by atoms with Crippen LogP contribution in [0.3, 0.4) is 0 Å². The van der Waals surface area contributed by atoms with Gasteiger partial charge in [0.1, 0.15) is 5.65 Å². The summed E-state index contributed by atoms with van der Waals surface area (Å²) in [6.45, 7) is 0. The highest BCUT2D eigenvalue weighted by Gasteiger charge is 2.09. The number of phenols is 1. The molecule has 0 spiro atoms. The summed E-state index contributed by atoms with van der Waals surface area (Å²) in [4.78, 5) is 7.38. The Labute approximate surface area is 104 Å². The summed E-state index contributed by atoms with van der Waals surface area (Å²) in [5.41, 5.74) is 2.86. The van der Waals surface area contributed by atoms with Crippen LogP contribution in [0.2, 0.25) is 0 Å². The quantitative estimate of drug-likeness (QED) is 0.724. The molecule has 3 aromatic rings. The minimum Gasteiger partial charge on any atom is -0.504 e. The molecule has 0 aliphatic heterocycles. The standard InChI is InChI=1S/C14H12N2O2/c1-18-13-7-9(4-5-12(13)17)11-8-16-14-10(11)3-2-6-15-14/h2-8,17H,1H3,(H,15,16). The van der Waals surface area contributed by atoms with E-state index in [0.717, 1.165) is 22.2 Å². The molecule has 0 unspecified atom stereocenters. The largest absolute Gasteiger partial charge is 0.504 e. The molecule has 0 atom stereocenters. The normalized spacial score (nSPS) is 10.7. The summed E-state index contributed by atoms with van der Waals surface area (Å²) < 4.78 is 5.12. The maximum Gasteiger partial charge on any atom is 0.161 e. The van der Waals surface area contributed by atoms with Crippen LogP contribution in [0.25, 0.3) is 22.2 Å². The Hall–Kier alpha value is -2.49. The lowest BCUT2D eigenvalue weighted by molar-refractivity contribution is 0.373. The van der Waals surface area contributed by atoms with Gasteiger partial charge in [0.05, 0.1) is 7.11 Å². The molecular weight excluding hydrogens is 228 g/mol. The van der Waals surface area contributed by atoms with Crippen LogP contribution in [0.1, 0.15) is 0 Å². The summed E-state index contributed by atoms with van der Waals surface area (Å²) in [5, 5.41) is 10.6. The number of methoxy groups -OCH3 is 1. The molecule has 3 rings (SSSR count). The van der Waals surface area contributed by atoms with Gasteiger partial charge in [-0.05, 0) is 29.8 Å². The van der Waals surface area contributed by atoms with E-state index >= 15 is 0 Å². The fraction of sp³-hybridized carbons (Fsp3) is 0.0714. The fourth-order valence-corrected chi connectivity index (χ4v) is 2.04. The number of benzene rings is 1. The molecule has 2 aromatic heterocycles. The van der Waals surface area contributed by atoms with Crippen LogP contribution >= 0.6 is 0 Å². The first-order chi connectivity index (χ1) is 8.79. The number of pyridine rings is 1. The first-order valence-electron chi connectivity index (χ1n) is 5.59. The molecule has 0 saturated carbocycles.